The first kappa shape index (κ1) is 15.6. The first-order valence-electron chi connectivity index (χ1n) is 7.83. The van der Waals surface area contributed by atoms with Crippen LogP contribution in [0.4, 0.5) is 0 Å². The van der Waals surface area contributed by atoms with Gasteiger partial charge in [-0.1, -0.05) is 36.4 Å². The van der Waals surface area contributed by atoms with E-state index in [1.54, 1.807) is 13.2 Å². The van der Waals surface area contributed by atoms with Gasteiger partial charge in [-0.05, 0) is 35.0 Å². The van der Waals surface area contributed by atoms with Crippen molar-refractivity contribution in [3.8, 4) is 5.75 Å². The number of fused-ring (bicyclic) bond motifs is 2. The summed E-state index contributed by atoms with van der Waals surface area (Å²) >= 11 is 1.53. The summed E-state index contributed by atoms with van der Waals surface area (Å²) in [5.41, 5.74) is 1.34. The highest BCUT2D eigenvalue weighted by Crippen LogP contribution is 2.27. The van der Waals surface area contributed by atoms with Gasteiger partial charge in [-0.2, -0.15) is 0 Å². The molecule has 124 valence electrons. The third kappa shape index (κ3) is 3.06. The fourth-order valence-corrected chi connectivity index (χ4v) is 3.62. The summed E-state index contributed by atoms with van der Waals surface area (Å²) < 4.78 is 11.9. The van der Waals surface area contributed by atoms with Crippen molar-refractivity contribution in [3.63, 3.8) is 0 Å². The minimum atomic E-state index is -0.415. The zero-order chi connectivity index (χ0) is 17.2. The fourth-order valence-electron chi connectivity index (χ4n) is 2.73. The average Bonchev–Trinajstić information content (AvgIpc) is 3.08. The number of methoxy groups -OCH3 is 1. The number of ether oxygens (including phenoxy) is 2. The van der Waals surface area contributed by atoms with Gasteiger partial charge in [-0.3, -0.25) is 0 Å². The number of rotatable bonds is 4. The number of hydrogen-bond donors (Lipinski definition) is 0. The van der Waals surface area contributed by atoms with Crippen LogP contribution in [-0.4, -0.2) is 18.1 Å². The van der Waals surface area contributed by atoms with Crippen molar-refractivity contribution < 1.29 is 14.3 Å². The molecule has 4 nitrogen and oxygen atoms in total. The lowest BCUT2D eigenvalue weighted by Crippen LogP contribution is -2.07. The summed E-state index contributed by atoms with van der Waals surface area (Å²) in [6.07, 6.45) is 0. The predicted molar refractivity (Wildman–Crippen MR) is 99.2 cm³/mol. The van der Waals surface area contributed by atoms with Crippen LogP contribution in [0.2, 0.25) is 0 Å². The maximum atomic E-state index is 12.5. The number of esters is 1. The van der Waals surface area contributed by atoms with Gasteiger partial charge in [0.15, 0.2) is 0 Å². The van der Waals surface area contributed by atoms with Crippen LogP contribution < -0.4 is 4.74 Å². The lowest BCUT2D eigenvalue weighted by molar-refractivity contribution is 0.0469. The third-order valence-corrected chi connectivity index (χ3v) is 4.96. The maximum Gasteiger partial charge on any atom is 0.342 e. The van der Waals surface area contributed by atoms with Gasteiger partial charge in [0, 0.05) is 0 Å². The third-order valence-electron chi connectivity index (χ3n) is 3.95. The molecule has 4 aromatic rings. The van der Waals surface area contributed by atoms with Gasteiger partial charge in [0.1, 0.15) is 22.9 Å². The molecule has 1 aromatic heterocycles. The average molecular weight is 349 g/mol. The molecule has 3 aromatic carbocycles. The molecule has 0 bridgehead atoms. The molecule has 0 aliphatic heterocycles. The van der Waals surface area contributed by atoms with E-state index in [9.17, 15) is 4.79 Å². The minimum absolute atomic E-state index is 0.147. The fraction of sp³-hybridized carbons (Fsp3) is 0.100. The van der Waals surface area contributed by atoms with Gasteiger partial charge in [0.2, 0.25) is 0 Å². The number of thiazole rings is 1. The Morgan fingerprint density at radius 3 is 2.52 bits per heavy atom. The zero-order valence-corrected chi connectivity index (χ0v) is 14.4. The van der Waals surface area contributed by atoms with E-state index in [0.717, 1.165) is 26.0 Å². The van der Waals surface area contributed by atoms with E-state index in [1.165, 1.54) is 11.3 Å². The van der Waals surface area contributed by atoms with Crippen molar-refractivity contribution in [3.05, 3.63) is 71.2 Å². The highest BCUT2D eigenvalue weighted by atomic mass is 32.1. The molecule has 0 atom stereocenters. The van der Waals surface area contributed by atoms with Crippen molar-refractivity contribution in [2.75, 3.05) is 7.11 Å². The predicted octanol–water partition coefficient (Wildman–Crippen LogP) is 4.82. The van der Waals surface area contributed by atoms with Gasteiger partial charge in [-0.25, -0.2) is 9.78 Å². The van der Waals surface area contributed by atoms with Crippen LogP contribution in [0, 0.1) is 0 Å². The van der Waals surface area contributed by atoms with Crippen LogP contribution in [-0.2, 0) is 11.3 Å². The zero-order valence-electron chi connectivity index (χ0n) is 13.6. The molecule has 0 radical (unpaired) electrons. The van der Waals surface area contributed by atoms with E-state index < -0.39 is 5.97 Å². The molecule has 0 aliphatic rings. The minimum Gasteiger partial charge on any atom is -0.496 e. The number of carbonyl (C=O) groups excluding carboxylic acids is 1. The van der Waals surface area contributed by atoms with E-state index in [0.29, 0.717) is 11.3 Å². The molecule has 0 aliphatic carbocycles. The van der Waals surface area contributed by atoms with Crippen molar-refractivity contribution in [1.82, 2.24) is 4.98 Å². The molecule has 0 saturated carbocycles. The Morgan fingerprint density at radius 1 is 1.04 bits per heavy atom. The van der Waals surface area contributed by atoms with Gasteiger partial charge >= 0.3 is 5.97 Å². The summed E-state index contributed by atoms with van der Waals surface area (Å²) in [7, 11) is 1.55. The van der Waals surface area contributed by atoms with Gasteiger partial charge in [0.05, 0.1) is 17.3 Å². The molecule has 0 fully saturated rings. The van der Waals surface area contributed by atoms with Crippen molar-refractivity contribution in [2.24, 2.45) is 0 Å². The van der Waals surface area contributed by atoms with Gasteiger partial charge in [-0.15, -0.1) is 11.3 Å². The Morgan fingerprint density at radius 2 is 1.76 bits per heavy atom. The van der Waals surface area contributed by atoms with Crippen LogP contribution in [0.1, 0.15) is 15.4 Å². The van der Waals surface area contributed by atoms with Crippen LogP contribution in [0.25, 0.3) is 21.0 Å². The molecule has 0 amide bonds. The number of nitrogens with zero attached hydrogens (tertiary/aromatic N) is 1. The Balaban J connectivity index is 1.58. The number of para-hydroxylation sites is 1. The van der Waals surface area contributed by atoms with E-state index in [-0.39, 0.29) is 6.61 Å². The second-order valence-corrected chi connectivity index (χ2v) is 6.67. The maximum absolute atomic E-state index is 12.5. The summed E-state index contributed by atoms with van der Waals surface area (Å²) in [6.45, 7) is 0.147. The Bertz CT molecular complexity index is 1040. The molecule has 4 rings (SSSR count). The highest BCUT2D eigenvalue weighted by Gasteiger charge is 2.16. The molecular weight excluding hydrogens is 334 g/mol. The second kappa shape index (κ2) is 6.53. The van der Waals surface area contributed by atoms with Crippen LogP contribution in [0.3, 0.4) is 0 Å². The topological polar surface area (TPSA) is 48.4 Å². The monoisotopic (exact) mass is 349 g/mol. The molecule has 0 N–H and O–H groups in total. The first-order valence-corrected chi connectivity index (χ1v) is 8.64. The lowest BCUT2D eigenvalue weighted by atomic mass is 10.1. The van der Waals surface area contributed by atoms with E-state index in [2.05, 4.69) is 4.98 Å². The van der Waals surface area contributed by atoms with Gasteiger partial charge < -0.3 is 9.47 Å². The van der Waals surface area contributed by atoms with Crippen LogP contribution in [0.15, 0.2) is 60.7 Å². The van der Waals surface area contributed by atoms with Crippen molar-refractivity contribution in [2.45, 2.75) is 6.61 Å². The molecule has 5 heteroatoms. The lowest BCUT2D eigenvalue weighted by Gasteiger charge is -2.10. The molecule has 0 saturated heterocycles. The van der Waals surface area contributed by atoms with Crippen LogP contribution >= 0.6 is 11.3 Å². The summed E-state index contributed by atoms with van der Waals surface area (Å²) in [5, 5.41) is 2.76. The van der Waals surface area contributed by atoms with Crippen LogP contribution in [0.5, 0.6) is 5.75 Å². The molecule has 1 heterocycles. The second-order valence-electron chi connectivity index (χ2n) is 5.55. The van der Waals surface area contributed by atoms with E-state index >= 15 is 0 Å². The number of carbonyl (C=O) groups is 1. The summed E-state index contributed by atoms with van der Waals surface area (Å²) in [6, 6.07) is 19.3. The SMILES string of the molecule is COc1cc2ccccc2cc1C(=O)OCc1nc2ccccc2s1. The van der Waals surface area contributed by atoms with E-state index in [4.69, 9.17) is 9.47 Å². The van der Waals surface area contributed by atoms with Crippen molar-refractivity contribution in [1.29, 1.82) is 0 Å². The molecule has 0 unspecified atom stereocenters. The molecular formula is C20H15NO3S. The first-order chi connectivity index (χ1) is 12.2. The standard InChI is InChI=1S/C20H15NO3S/c1-23-17-11-14-7-3-2-6-13(14)10-15(17)20(22)24-12-19-21-16-8-4-5-9-18(16)25-19/h2-11H,12H2,1H3. The van der Waals surface area contributed by atoms with Gasteiger partial charge in [0.25, 0.3) is 0 Å². The smallest absolute Gasteiger partial charge is 0.342 e. The van der Waals surface area contributed by atoms with E-state index in [1.807, 2.05) is 54.6 Å². The Hall–Kier alpha value is -2.92. The molecule has 0 spiro atoms. The molecule has 25 heavy (non-hydrogen) atoms. The number of hydrogen-bond acceptors (Lipinski definition) is 5. The summed E-state index contributed by atoms with van der Waals surface area (Å²) in [5.74, 6) is 0.0925. The number of aromatic nitrogens is 1. The largest absolute Gasteiger partial charge is 0.496 e. The Labute approximate surface area is 148 Å². The summed E-state index contributed by atoms with van der Waals surface area (Å²) in [4.78, 5) is 17.0. The normalized spacial score (nSPS) is 10.9. The number of benzene rings is 3. The quantitative estimate of drug-likeness (QED) is 0.496. The Kier molecular flexibility index (Phi) is 4.07. The van der Waals surface area contributed by atoms with Crippen molar-refractivity contribution >= 4 is 38.3 Å². The highest BCUT2D eigenvalue weighted by molar-refractivity contribution is 7.18.